The van der Waals surface area contributed by atoms with Gasteiger partial charge in [-0.15, -0.1) is 0 Å². The molecule has 2 rings (SSSR count). The molecule has 3 atom stereocenters. The number of carbonyl (C=O) groups excluding carboxylic acids is 1. The molecule has 0 amide bonds. The first-order valence-electron chi connectivity index (χ1n) is 8.69. The van der Waals surface area contributed by atoms with Crippen molar-refractivity contribution in [1.29, 1.82) is 0 Å². The molecule has 116 valence electrons. The lowest BCUT2D eigenvalue weighted by Crippen LogP contribution is -2.54. The van der Waals surface area contributed by atoms with Crippen molar-refractivity contribution in [2.75, 3.05) is 14.1 Å². The maximum atomic E-state index is 13.3. The summed E-state index contributed by atoms with van der Waals surface area (Å²) in [7, 11) is 4.25. The molecule has 0 spiro atoms. The van der Waals surface area contributed by atoms with E-state index in [1.807, 2.05) is 0 Å². The monoisotopic (exact) mass is 279 g/mol. The molecule has 0 heterocycles. The van der Waals surface area contributed by atoms with Crippen LogP contribution in [-0.4, -0.2) is 30.3 Å². The summed E-state index contributed by atoms with van der Waals surface area (Å²) in [5.41, 5.74) is -0.151. The molecule has 2 nitrogen and oxygen atoms in total. The van der Waals surface area contributed by atoms with Crippen molar-refractivity contribution in [3.05, 3.63) is 0 Å². The van der Waals surface area contributed by atoms with E-state index in [2.05, 4.69) is 32.8 Å². The molecule has 2 heteroatoms. The standard InChI is InChI=1S/C18H33NO/c1-14-9-10-16(13-15(14)2)17(20)18(19(3)4)11-7-5-6-8-12-18/h14-16H,5-13H2,1-4H3. The van der Waals surface area contributed by atoms with Crippen LogP contribution >= 0.6 is 0 Å². The van der Waals surface area contributed by atoms with Crippen molar-refractivity contribution >= 4 is 5.78 Å². The van der Waals surface area contributed by atoms with Gasteiger partial charge in [0.15, 0.2) is 5.78 Å². The van der Waals surface area contributed by atoms with Crippen LogP contribution in [0.1, 0.15) is 71.6 Å². The van der Waals surface area contributed by atoms with Gasteiger partial charge in [-0.25, -0.2) is 0 Å². The summed E-state index contributed by atoms with van der Waals surface area (Å²) >= 11 is 0. The molecule has 20 heavy (non-hydrogen) atoms. The van der Waals surface area contributed by atoms with Gasteiger partial charge >= 0.3 is 0 Å². The maximum Gasteiger partial charge on any atom is 0.156 e. The highest BCUT2D eigenvalue weighted by Gasteiger charge is 2.44. The Labute approximate surface area is 125 Å². The van der Waals surface area contributed by atoms with Crippen molar-refractivity contribution in [3.63, 3.8) is 0 Å². The predicted octanol–water partition coefficient (Wildman–Crippen LogP) is 4.28. The summed E-state index contributed by atoms with van der Waals surface area (Å²) in [4.78, 5) is 15.5. The van der Waals surface area contributed by atoms with Crippen LogP contribution < -0.4 is 0 Å². The van der Waals surface area contributed by atoms with Gasteiger partial charge in [-0.05, 0) is 58.0 Å². The van der Waals surface area contributed by atoms with Crippen LogP contribution in [0.25, 0.3) is 0 Å². The number of likely N-dealkylation sites (N-methyl/N-ethyl adjacent to an activating group) is 1. The van der Waals surface area contributed by atoms with Crippen LogP contribution in [0.2, 0.25) is 0 Å². The minimum absolute atomic E-state index is 0.151. The summed E-state index contributed by atoms with van der Waals surface area (Å²) in [6.45, 7) is 4.68. The molecule has 0 aromatic carbocycles. The van der Waals surface area contributed by atoms with Crippen molar-refractivity contribution < 1.29 is 4.79 Å². The Hall–Kier alpha value is -0.370. The number of carbonyl (C=O) groups is 1. The molecule has 0 aromatic rings. The molecular formula is C18H33NO. The third-order valence-electron chi connectivity index (χ3n) is 6.21. The first-order valence-corrected chi connectivity index (χ1v) is 8.69. The van der Waals surface area contributed by atoms with E-state index in [9.17, 15) is 4.79 Å². The number of hydrogen-bond donors (Lipinski definition) is 0. The Balaban J connectivity index is 2.14. The molecule has 0 radical (unpaired) electrons. The highest BCUT2D eigenvalue weighted by atomic mass is 16.1. The number of nitrogens with zero attached hydrogens (tertiary/aromatic N) is 1. The van der Waals surface area contributed by atoms with E-state index in [0.717, 1.165) is 31.6 Å². The first-order chi connectivity index (χ1) is 9.47. The van der Waals surface area contributed by atoms with Gasteiger partial charge in [0, 0.05) is 5.92 Å². The van der Waals surface area contributed by atoms with Crippen LogP contribution in [0.15, 0.2) is 0 Å². The van der Waals surface area contributed by atoms with Crippen molar-refractivity contribution in [2.24, 2.45) is 17.8 Å². The van der Waals surface area contributed by atoms with E-state index in [1.54, 1.807) is 0 Å². The summed E-state index contributed by atoms with van der Waals surface area (Å²) in [6, 6.07) is 0. The van der Waals surface area contributed by atoms with Crippen molar-refractivity contribution in [1.82, 2.24) is 4.90 Å². The smallest absolute Gasteiger partial charge is 0.156 e. The quantitative estimate of drug-likeness (QED) is 0.719. The summed E-state index contributed by atoms with van der Waals surface area (Å²) in [5, 5.41) is 0. The van der Waals surface area contributed by atoms with Gasteiger partial charge in [0.25, 0.3) is 0 Å². The average molecular weight is 279 g/mol. The van der Waals surface area contributed by atoms with Gasteiger partial charge in [-0.1, -0.05) is 39.5 Å². The molecule has 2 aliphatic rings. The van der Waals surface area contributed by atoms with E-state index in [4.69, 9.17) is 0 Å². The second kappa shape index (κ2) is 6.60. The van der Waals surface area contributed by atoms with Gasteiger partial charge in [-0.3, -0.25) is 9.69 Å². The Bertz CT molecular complexity index is 328. The second-order valence-electron chi connectivity index (χ2n) is 7.67. The van der Waals surface area contributed by atoms with Gasteiger partial charge in [0.1, 0.15) is 0 Å². The molecule has 0 aromatic heterocycles. The molecule has 0 aliphatic heterocycles. The zero-order chi connectivity index (χ0) is 14.8. The van der Waals surface area contributed by atoms with E-state index >= 15 is 0 Å². The largest absolute Gasteiger partial charge is 0.297 e. The summed E-state index contributed by atoms with van der Waals surface area (Å²) in [5.74, 6) is 2.40. The second-order valence-corrected chi connectivity index (χ2v) is 7.67. The van der Waals surface area contributed by atoms with Gasteiger partial charge < -0.3 is 0 Å². The first kappa shape index (κ1) is 16.0. The Morgan fingerprint density at radius 3 is 2.05 bits per heavy atom. The molecule has 0 N–H and O–H groups in total. The molecule has 2 fully saturated rings. The summed E-state index contributed by atoms with van der Waals surface area (Å²) in [6.07, 6.45) is 10.7. The SMILES string of the molecule is CC1CCC(C(=O)C2(N(C)C)CCCCCC2)CC1C. The molecule has 0 bridgehead atoms. The van der Waals surface area contributed by atoms with Crippen LogP contribution in [-0.2, 0) is 4.79 Å². The van der Waals surface area contributed by atoms with E-state index in [0.29, 0.717) is 17.6 Å². The minimum Gasteiger partial charge on any atom is -0.297 e. The van der Waals surface area contributed by atoms with E-state index in [1.165, 1.54) is 32.1 Å². The van der Waals surface area contributed by atoms with Crippen LogP contribution in [0.5, 0.6) is 0 Å². The lowest BCUT2D eigenvalue weighted by atomic mass is 9.69. The van der Waals surface area contributed by atoms with Crippen LogP contribution in [0.3, 0.4) is 0 Å². The maximum absolute atomic E-state index is 13.3. The number of ketones is 1. The molecule has 3 unspecified atom stereocenters. The lowest BCUT2D eigenvalue weighted by molar-refractivity contribution is -0.136. The molecular weight excluding hydrogens is 246 g/mol. The molecule has 2 aliphatic carbocycles. The van der Waals surface area contributed by atoms with E-state index in [-0.39, 0.29) is 5.54 Å². The highest BCUT2D eigenvalue weighted by Crippen LogP contribution is 2.40. The topological polar surface area (TPSA) is 20.3 Å². The summed E-state index contributed by atoms with van der Waals surface area (Å²) < 4.78 is 0. The van der Waals surface area contributed by atoms with Crippen LogP contribution in [0, 0.1) is 17.8 Å². The number of rotatable bonds is 3. The van der Waals surface area contributed by atoms with Gasteiger partial charge in [-0.2, -0.15) is 0 Å². The fraction of sp³-hybridized carbons (Fsp3) is 0.944. The Morgan fingerprint density at radius 1 is 0.950 bits per heavy atom. The highest BCUT2D eigenvalue weighted by molar-refractivity contribution is 5.90. The molecule has 0 saturated heterocycles. The third kappa shape index (κ3) is 3.10. The van der Waals surface area contributed by atoms with Crippen LogP contribution in [0.4, 0.5) is 0 Å². The Morgan fingerprint density at radius 2 is 1.55 bits per heavy atom. The lowest BCUT2D eigenvalue weighted by Gasteiger charge is -2.42. The number of Topliss-reactive ketones (excluding diaryl/α,β-unsaturated/α-hetero) is 1. The number of hydrogen-bond acceptors (Lipinski definition) is 2. The fourth-order valence-corrected chi connectivity index (χ4v) is 4.39. The predicted molar refractivity (Wildman–Crippen MR) is 84.8 cm³/mol. The fourth-order valence-electron chi connectivity index (χ4n) is 4.39. The average Bonchev–Trinajstić information content (AvgIpc) is 2.67. The Kier molecular flexibility index (Phi) is 5.28. The van der Waals surface area contributed by atoms with E-state index < -0.39 is 0 Å². The van der Waals surface area contributed by atoms with Crippen molar-refractivity contribution in [3.8, 4) is 0 Å². The van der Waals surface area contributed by atoms with Gasteiger partial charge in [0.2, 0.25) is 0 Å². The molecule has 2 saturated carbocycles. The normalized spacial score (nSPS) is 34.8. The van der Waals surface area contributed by atoms with Gasteiger partial charge in [0.05, 0.1) is 5.54 Å². The van der Waals surface area contributed by atoms with Crippen molar-refractivity contribution in [2.45, 2.75) is 77.2 Å². The third-order valence-corrected chi connectivity index (χ3v) is 6.21. The zero-order valence-electron chi connectivity index (χ0n) is 14.0. The minimum atomic E-state index is -0.151. The zero-order valence-corrected chi connectivity index (χ0v) is 14.0.